The van der Waals surface area contributed by atoms with Crippen molar-refractivity contribution in [1.82, 2.24) is 4.90 Å². The molecule has 1 heterocycles. The average molecular weight is 303 g/mol. The first-order valence-electron chi connectivity index (χ1n) is 7.46. The van der Waals surface area contributed by atoms with E-state index in [0.29, 0.717) is 12.1 Å². The van der Waals surface area contributed by atoms with Crippen molar-refractivity contribution in [3.05, 3.63) is 71.3 Å². The lowest BCUT2D eigenvalue weighted by Crippen LogP contribution is -2.45. The van der Waals surface area contributed by atoms with Gasteiger partial charge in [-0.15, -0.1) is 0 Å². The van der Waals surface area contributed by atoms with Crippen molar-refractivity contribution in [3.8, 4) is 0 Å². The standard InChI is InChI=1S/C18H19F2NO/c1-21-10-9-14(12-5-4-6-13(19)11-12)17(18(21)22)15-7-2-3-8-16(15)20/h2-8,11,14,17-18,22H,9-10H2,1H3. The third-order valence-electron chi connectivity index (χ3n) is 4.54. The molecule has 4 heteroatoms. The molecule has 22 heavy (non-hydrogen) atoms. The van der Waals surface area contributed by atoms with Crippen molar-refractivity contribution < 1.29 is 13.9 Å². The minimum atomic E-state index is -0.793. The lowest BCUT2D eigenvalue weighted by molar-refractivity contribution is -0.0333. The second kappa shape index (κ2) is 6.15. The van der Waals surface area contributed by atoms with E-state index >= 15 is 0 Å². The van der Waals surface area contributed by atoms with Crippen LogP contribution in [0.2, 0.25) is 0 Å². The molecule has 3 atom stereocenters. The van der Waals surface area contributed by atoms with E-state index in [-0.39, 0.29) is 17.6 Å². The molecule has 0 radical (unpaired) electrons. The summed E-state index contributed by atoms with van der Waals surface area (Å²) >= 11 is 0. The van der Waals surface area contributed by atoms with Crippen molar-refractivity contribution in [2.75, 3.05) is 13.6 Å². The monoisotopic (exact) mass is 303 g/mol. The van der Waals surface area contributed by atoms with Gasteiger partial charge in [-0.05, 0) is 48.7 Å². The zero-order valence-electron chi connectivity index (χ0n) is 12.4. The van der Waals surface area contributed by atoms with Crippen LogP contribution < -0.4 is 0 Å². The fourth-order valence-electron chi connectivity index (χ4n) is 3.37. The summed E-state index contributed by atoms with van der Waals surface area (Å²) in [4.78, 5) is 1.81. The van der Waals surface area contributed by atoms with Gasteiger partial charge in [0, 0.05) is 12.5 Å². The molecule has 2 aromatic carbocycles. The predicted molar refractivity (Wildman–Crippen MR) is 81.5 cm³/mol. The summed E-state index contributed by atoms with van der Waals surface area (Å²) in [5.41, 5.74) is 1.29. The zero-order valence-corrected chi connectivity index (χ0v) is 12.4. The van der Waals surface area contributed by atoms with Gasteiger partial charge in [0.05, 0.1) is 0 Å². The zero-order chi connectivity index (χ0) is 15.7. The van der Waals surface area contributed by atoms with Crippen LogP contribution in [0.1, 0.15) is 29.4 Å². The molecule has 3 unspecified atom stereocenters. The van der Waals surface area contributed by atoms with Crippen LogP contribution in [0.3, 0.4) is 0 Å². The minimum Gasteiger partial charge on any atom is -0.378 e. The maximum Gasteiger partial charge on any atom is 0.126 e. The smallest absolute Gasteiger partial charge is 0.126 e. The van der Waals surface area contributed by atoms with E-state index in [1.165, 1.54) is 18.2 Å². The Balaban J connectivity index is 2.05. The summed E-state index contributed by atoms with van der Waals surface area (Å²) in [6, 6.07) is 12.9. The molecule has 0 aromatic heterocycles. The number of nitrogens with zero attached hydrogens (tertiary/aromatic N) is 1. The van der Waals surface area contributed by atoms with Crippen molar-refractivity contribution in [2.24, 2.45) is 0 Å². The Hall–Kier alpha value is -1.78. The Morgan fingerprint density at radius 3 is 2.59 bits per heavy atom. The van der Waals surface area contributed by atoms with Gasteiger partial charge in [0.25, 0.3) is 0 Å². The molecular formula is C18H19F2NO. The summed E-state index contributed by atoms with van der Waals surface area (Å²) in [6.07, 6.45) is -0.0466. The molecule has 0 bridgehead atoms. The van der Waals surface area contributed by atoms with Crippen molar-refractivity contribution in [1.29, 1.82) is 0 Å². The number of hydrogen-bond donors (Lipinski definition) is 1. The fraction of sp³-hybridized carbons (Fsp3) is 0.333. The highest BCUT2D eigenvalue weighted by atomic mass is 19.1. The van der Waals surface area contributed by atoms with Crippen LogP contribution in [0.25, 0.3) is 0 Å². The first kappa shape index (κ1) is 15.1. The van der Waals surface area contributed by atoms with Gasteiger partial charge >= 0.3 is 0 Å². The van der Waals surface area contributed by atoms with Gasteiger partial charge in [-0.1, -0.05) is 30.3 Å². The topological polar surface area (TPSA) is 23.5 Å². The van der Waals surface area contributed by atoms with E-state index < -0.39 is 12.1 Å². The van der Waals surface area contributed by atoms with Gasteiger partial charge in [0.1, 0.15) is 17.9 Å². The maximum atomic E-state index is 14.2. The first-order chi connectivity index (χ1) is 10.6. The Labute approximate surface area is 129 Å². The highest BCUT2D eigenvalue weighted by Gasteiger charge is 2.38. The van der Waals surface area contributed by atoms with E-state index in [4.69, 9.17) is 0 Å². The van der Waals surface area contributed by atoms with Gasteiger partial charge in [0.2, 0.25) is 0 Å². The Morgan fingerprint density at radius 2 is 1.86 bits per heavy atom. The molecule has 2 nitrogen and oxygen atoms in total. The number of likely N-dealkylation sites (N-methyl/N-ethyl adjacent to an activating group) is 1. The lowest BCUT2D eigenvalue weighted by atomic mass is 9.75. The number of benzene rings is 2. The third-order valence-corrected chi connectivity index (χ3v) is 4.54. The van der Waals surface area contributed by atoms with Crippen LogP contribution in [-0.2, 0) is 0 Å². The summed E-state index contributed by atoms with van der Waals surface area (Å²) in [5, 5.41) is 10.6. The van der Waals surface area contributed by atoms with Gasteiger partial charge in [-0.25, -0.2) is 8.78 Å². The molecule has 116 valence electrons. The molecule has 1 saturated heterocycles. The molecule has 1 fully saturated rings. The SMILES string of the molecule is CN1CCC(c2cccc(F)c2)C(c2ccccc2F)C1O. The Bertz CT molecular complexity index is 661. The Kier molecular flexibility index (Phi) is 4.23. The van der Waals surface area contributed by atoms with Gasteiger partial charge in [-0.2, -0.15) is 0 Å². The lowest BCUT2D eigenvalue weighted by Gasteiger charge is -2.41. The first-order valence-corrected chi connectivity index (χ1v) is 7.46. The average Bonchev–Trinajstić information content (AvgIpc) is 2.51. The van der Waals surface area contributed by atoms with Crippen LogP contribution in [0.4, 0.5) is 8.78 Å². The highest BCUT2D eigenvalue weighted by Crippen LogP contribution is 2.43. The number of likely N-dealkylation sites (tertiary alicyclic amines) is 1. The van der Waals surface area contributed by atoms with Crippen LogP contribution >= 0.6 is 0 Å². The van der Waals surface area contributed by atoms with Crippen molar-refractivity contribution >= 4 is 0 Å². The molecule has 0 amide bonds. The van der Waals surface area contributed by atoms with Gasteiger partial charge < -0.3 is 5.11 Å². The second-order valence-electron chi connectivity index (χ2n) is 5.89. The predicted octanol–water partition coefficient (Wildman–Crippen LogP) is 3.49. The molecule has 0 saturated carbocycles. The van der Waals surface area contributed by atoms with Crippen LogP contribution in [0.15, 0.2) is 48.5 Å². The molecule has 0 aliphatic carbocycles. The molecule has 0 spiro atoms. The number of rotatable bonds is 2. The van der Waals surface area contributed by atoms with Crippen LogP contribution in [0, 0.1) is 11.6 Å². The minimum absolute atomic E-state index is 0.112. The molecule has 3 rings (SSSR count). The summed E-state index contributed by atoms with van der Waals surface area (Å²) in [7, 11) is 1.82. The Morgan fingerprint density at radius 1 is 1.09 bits per heavy atom. The van der Waals surface area contributed by atoms with E-state index in [9.17, 15) is 13.9 Å². The second-order valence-corrected chi connectivity index (χ2v) is 5.89. The van der Waals surface area contributed by atoms with Crippen molar-refractivity contribution in [3.63, 3.8) is 0 Å². The largest absolute Gasteiger partial charge is 0.378 e. The maximum absolute atomic E-state index is 14.2. The summed E-state index contributed by atoms with van der Waals surface area (Å²) in [6.45, 7) is 0.688. The highest BCUT2D eigenvalue weighted by molar-refractivity contribution is 5.32. The van der Waals surface area contributed by atoms with Gasteiger partial charge in [-0.3, -0.25) is 4.90 Å². The molecular weight excluding hydrogens is 284 g/mol. The fourth-order valence-corrected chi connectivity index (χ4v) is 3.37. The number of piperidine rings is 1. The number of halogens is 2. The van der Waals surface area contributed by atoms with E-state index in [0.717, 1.165) is 12.0 Å². The van der Waals surface area contributed by atoms with Gasteiger partial charge in [0.15, 0.2) is 0 Å². The van der Waals surface area contributed by atoms with Crippen LogP contribution in [-0.4, -0.2) is 29.8 Å². The summed E-state index contributed by atoms with van der Waals surface area (Å²) < 4.78 is 27.8. The number of hydrogen-bond acceptors (Lipinski definition) is 2. The molecule has 1 aliphatic rings. The van der Waals surface area contributed by atoms with E-state index in [1.807, 2.05) is 18.0 Å². The van der Waals surface area contributed by atoms with Crippen molar-refractivity contribution in [2.45, 2.75) is 24.5 Å². The van der Waals surface area contributed by atoms with E-state index in [2.05, 4.69) is 0 Å². The number of aliphatic hydroxyl groups is 1. The normalized spacial score (nSPS) is 26.1. The van der Waals surface area contributed by atoms with E-state index in [1.54, 1.807) is 24.3 Å². The molecule has 2 aromatic rings. The molecule has 1 N–H and O–H groups in total. The van der Waals surface area contributed by atoms with Crippen LogP contribution in [0.5, 0.6) is 0 Å². The summed E-state index contributed by atoms with van der Waals surface area (Å²) in [5.74, 6) is -1.16. The number of aliphatic hydroxyl groups excluding tert-OH is 1. The molecule has 1 aliphatic heterocycles. The quantitative estimate of drug-likeness (QED) is 0.918. The third kappa shape index (κ3) is 2.76.